The molecule has 1 atom stereocenters. The summed E-state index contributed by atoms with van der Waals surface area (Å²) in [4.78, 5) is 12.0. The minimum absolute atomic E-state index is 0.155. The molecule has 0 radical (unpaired) electrons. The van der Waals surface area contributed by atoms with Crippen LogP contribution in [0.25, 0.3) is 0 Å². The van der Waals surface area contributed by atoms with Crippen LogP contribution in [-0.4, -0.2) is 23.2 Å². The van der Waals surface area contributed by atoms with Gasteiger partial charge in [0.05, 0.1) is 6.61 Å². The third kappa shape index (κ3) is 4.69. The summed E-state index contributed by atoms with van der Waals surface area (Å²) in [5.41, 5.74) is 0.569. The van der Waals surface area contributed by atoms with Crippen LogP contribution in [-0.2, 0) is 11.4 Å². The Morgan fingerprint density at radius 1 is 1.40 bits per heavy atom. The van der Waals surface area contributed by atoms with Crippen LogP contribution in [0.4, 0.5) is 0 Å². The van der Waals surface area contributed by atoms with Gasteiger partial charge in [0.2, 0.25) is 0 Å². The molecule has 2 N–H and O–H groups in total. The highest BCUT2D eigenvalue weighted by Crippen LogP contribution is 2.24. The number of hydrogen-bond acceptors (Lipinski definition) is 3. The van der Waals surface area contributed by atoms with Crippen molar-refractivity contribution in [2.75, 3.05) is 0 Å². The lowest BCUT2D eigenvalue weighted by Gasteiger charge is -2.20. The summed E-state index contributed by atoms with van der Waals surface area (Å²) in [6.07, 6.45) is 1.15. The van der Waals surface area contributed by atoms with Gasteiger partial charge < -0.3 is 15.2 Å². The molecule has 4 nitrogen and oxygen atoms in total. The molecular formula is C15H22ClNO3. The predicted molar refractivity (Wildman–Crippen MR) is 80.0 cm³/mol. The van der Waals surface area contributed by atoms with E-state index in [1.807, 2.05) is 13.8 Å². The van der Waals surface area contributed by atoms with Crippen LogP contribution in [0.1, 0.15) is 39.2 Å². The smallest absolute Gasteiger partial charge is 0.260 e. The number of halogens is 1. The minimum Gasteiger partial charge on any atom is -0.481 e. The van der Waals surface area contributed by atoms with Crippen molar-refractivity contribution < 1.29 is 14.6 Å². The molecule has 0 aliphatic heterocycles. The summed E-state index contributed by atoms with van der Waals surface area (Å²) < 4.78 is 5.61. The van der Waals surface area contributed by atoms with Gasteiger partial charge in [-0.05, 0) is 38.0 Å². The Labute approximate surface area is 125 Å². The summed E-state index contributed by atoms with van der Waals surface area (Å²) in [6, 6.07) is 5.12. The SMILES string of the molecule is CCC(CC)NC(=O)C(C)Oc1ccc(Cl)cc1CO. The number of benzene rings is 1. The van der Waals surface area contributed by atoms with Crippen LogP contribution in [0, 0.1) is 0 Å². The first-order valence-corrected chi connectivity index (χ1v) is 7.25. The van der Waals surface area contributed by atoms with Gasteiger partial charge in [-0.25, -0.2) is 0 Å². The largest absolute Gasteiger partial charge is 0.481 e. The molecule has 1 aromatic rings. The van der Waals surface area contributed by atoms with E-state index in [4.69, 9.17) is 16.3 Å². The number of carbonyl (C=O) groups is 1. The third-order valence-electron chi connectivity index (χ3n) is 3.20. The standard InChI is InChI=1S/C15H22ClNO3/c1-4-13(5-2)17-15(19)10(3)20-14-7-6-12(16)8-11(14)9-18/h6-8,10,13,18H,4-5,9H2,1-3H3,(H,17,19). The van der Waals surface area contributed by atoms with E-state index in [1.54, 1.807) is 25.1 Å². The number of rotatable bonds is 7. The lowest BCUT2D eigenvalue weighted by molar-refractivity contribution is -0.128. The Morgan fingerprint density at radius 2 is 2.05 bits per heavy atom. The number of nitrogens with one attached hydrogen (secondary N) is 1. The van der Waals surface area contributed by atoms with E-state index in [9.17, 15) is 9.90 Å². The minimum atomic E-state index is -0.623. The van der Waals surface area contributed by atoms with Crippen LogP contribution in [0.5, 0.6) is 5.75 Å². The second-order valence-electron chi connectivity index (χ2n) is 4.69. The number of ether oxygens (including phenoxy) is 1. The van der Waals surface area contributed by atoms with Crippen LogP contribution < -0.4 is 10.1 Å². The van der Waals surface area contributed by atoms with Crippen LogP contribution in [0.2, 0.25) is 5.02 Å². The van der Waals surface area contributed by atoms with Gasteiger partial charge in [0.15, 0.2) is 6.10 Å². The normalized spacial score (nSPS) is 12.3. The number of carbonyl (C=O) groups excluding carboxylic acids is 1. The maximum atomic E-state index is 12.0. The fourth-order valence-corrected chi connectivity index (χ4v) is 2.04. The Balaban J connectivity index is 2.70. The predicted octanol–water partition coefficient (Wildman–Crippen LogP) is 2.90. The molecule has 0 aliphatic carbocycles. The van der Waals surface area contributed by atoms with Crippen LogP contribution in [0.15, 0.2) is 18.2 Å². The first-order valence-electron chi connectivity index (χ1n) is 6.88. The average Bonchev–Trinajstić information content (AvgIpc) is 2.45. The van der Waals surface area contributed by atoms with E-state index in [-0.39, 0.29) is 18.6 Å². The van der Waals surface area contributed by atoms with Gasteiger partial charge >= 0.3 is 0 Å². The second kappa shape index (κ2) is 8.12. The maximum absolute atomic E-state index is 12.0. The zero-order chi connectivity index (χ0) is 15.1. The van der Waals surface area contributed by atoms with E-state index in [2.05, 4.69) is 5.32 Å². The van der Waals surface area contributed by atoms with E-state index in [0.717, 1.165) is 12.8 Å². The quantitative estimate of drug-likeness (QED) is 0.814. The Morgan fingerprint density at radius 3 is 2.60 bits per heavy atom. The highest BCUT2D eigenvalue weighted by molar-refractivity contribution is 6.30. The van der Waals surface area contributed by atoms with E-state index < -0.39 is 6.10 Å². The zero-order valence-corrected chi connectivity index (χ0v) is 12.9. The van der Waals surface area contributed by atoms with E-state index in [0.29, 0.717) is 16.3 Å². The number of aliphatic hydroxyl groups is 1. The fourth-order valence-electron chi connectivity index (χ4n) is 1.84. The van der Waals surface area contributed by atoms with Crippen molar-refractivity contribution in [1.82, 2.24) is 5.32 Å². The fraction of sp³-hybridized carbons (Fsp3) is 0.533. The summed E-state index contributed by atoms with van der Waals surface area (Å²) in [7, 11) is 0. The molecule has 0 spiro atoms. The molecule has 1 unspecified atom stereocenters. The molecule has 1 rings (SSSR count). The van der Waals surface area contributed by atoms with Gasteiger partial charge in [0.25, 0.3) is 5.91 Å². The van der Waals surface area contributed by atoms with Crippen molar-refractivity contribution in [2.45, 2.75) is 52.4 Å². The molecule has 0 aliphatic rings. The monoisotopic (exact) mass is 299 g/mol. The van der Waals surface area contributed by atoms with Gasteiger partial charge in [-0.1, -0.05) is 25.4 Å². The molecule has 0 aromatic heterocycles. The highest BCUT2D eigenvalue weighted by atomic mass is 35.5. The van der Waals surface area contributed by atoms with Gasteiger partial charge in [-0.2, -0.15) is 0 Å². The summed E-state index contributed by atoms with van der Waals surface area (Å²) >= 11 is 5.86. The molecule has 112 valence electrons. The third-order valence-corrected chi connectivity index (χ3v) is 3.43. The van der Waals surface area contributed by atoms with Gasteiger partial charge in [0.1, 0.15) is 5.75 Å². The number of amides is 1. The molecule has 0 heterocycles. The van der Waals surface area contributed by atoms with Crippen LogP contribution >= 0.6 is 11.6 Å². The van der Waals surface area contributed by atoms with Crippen molar-refractivity contribution in [1.29, 1.82) is 0 Å². The van der Waals surface area contributed by atoms with Crippen molar-refractivity contribution in [2.24, 2.45) is 0 Å². The van der Waals surface area contributed by atoms with Gasteiger partial charge in [-0.3, -0.25) is 4.79 Å². The summed E-state index contributed by atoms with van der Waals surface area (Å²) in [5.74, 6) is 0.321. The molecule has 1 amide bonds. The van der Waals surface area contributed by atoms with Crippen molar-refractivity contribution in [3.63, 3.8) is 0 Å². The highest BCUT2D eigenvalue weighted by Gasteiger charge is 2.18. The van der Waals surface area contributed by atoms with E-state index >= 15 is 0 Å². The molecule has 20 heavy (non-hydrogen) atoms. The lowest BCUT2D eigenvalue weighted by Crippen LogP contribution is -2.42. The topological polar surface area (TPSA) is 58.6 Å². The van der Waals surface area contributed by atoms with Crippen molar-refractivity contribution in [3.05, 3.63) is 28.8 Å². The molecule has 0 bridgehead atoms. The number of aliphatic hydroxyl groups excluding tert-OH is 1. The molecule has 0 saturated carbocycles. The van der Waals surface area contributed by atoms with Gasteiger partial charge in [0, 0.05) is 16.6 Å². The maximum Gasteiger partial charge on any atom is 0.260 e. The van der Waals surface area contributed by atoms with Crippen molar-refractivity contribution in [3.8, 4) is 5.75 Å². The summed E-state index contributed by atoms with van der Waals surface area (Å²) in [5, 5.41) is 12.7. The molecule has 0 saturated heterocycles. The Bertz CT molecular complexity index is 447. The van der Waals surface area contributed by atoms with Crippen LogP contribution in [0.3, 0.4) is 0 Å². The molecule has 5 heteroatoms. The lowest BCUT2D eigenvalue weighted by atomic mass is 10.1. The van der Waals surface area contributed by atoms with E-state index in [1.165, 1.54) is 0 Å². The average molecular weight is 300 g/mol. The Kier molecular flexibility index (Phi) is 6.82. The zero-order valence-electron chi connectivity index (χ0n) is 12.1. The first-order chi connectivity index (χ1) is 9.51. The first kappa shape index (κ1) is 16.8. The molecule has 0 fully saturated rings. The number of hydrogen-bond donors (Lipinski definition) is 2. The molecule has 1 aromatic carbocycles. The Hall–Kier alpha value is -1.26. The molecular weight excluding hydrogens is 278 g/mol. The second-order valence-corrected chi connectivity index (χ2v) is 5.13. The van der Waals surface area contributed by atoms with Gasteiger partial charge in [-0.15, -0.1) is 0 Å². The van der Waals surface area contributed by atoms with Crippen molar-refractivity contribution >= 4 is 17.5 Å². The summed E-state index contributed by atoms with van der Waals surface area (Å²) in [6.45, 7) is 5.57.